The third-order valence-corrected chi connectivity index (χ3v) is 23.8. The summed E-state index contributed by atoms with van der Waals surface area (Å²) in [5.41, 5.74) is 4.25. The molecule has 0 saturated heterocycles. The highest BCUT2D eigenvalue weighted by Crippen LogP contribution is 2.42. The Bertz CT molecular complexity index is 388. The summed E-state index contributed by atoms with van der Waals surface area (Å²) in [5, 5.41) is 0. The molecule has 2 heteroatoms. The van der Waals surface area contributed by atoms with Gasteiger partial charge < -0.3 is 0 Å². The normalized spacial score (nSPS) is 20.9. The molecule has 1 atom stereocenters. The van der Waals surface area contributed by atoms with Gasteiger partial charge in [-0.15, -0.1) is 0 Å². The van der Waals surface area contributed by atoms with Crippen molar-refractivity contribution in [2.24, 2.45) is 0 Å². The first-order valence-electron chi connectivity index (χ1n) is 6.42. The third-order valence-electron chi connectivity index (χ3n) is 4.94. The Hall–Kier alpha value is -0.346. The highest BCUT2D eigenvalue weighted by molar-refractivity contribution is 7.40. The lowest BCUT2D eigenvalue weighted by atomic mass is 10.1. The molecule has 0 aromatic heterocycles. The van der Waals surface area contributed by atoms with Gasteiger partial charge in [-0.3, -0.25) is 0 Å². The fourth-order valence-electron chi connectivity index (χ4n) is 2.83. The summed E-state index contributed by atoms with van der Waals surface area (Å²) in [6, 6.07) is 9.15. The average molecular weight is 249 g/mol. The molecule has 88 valence electrons. The monoisotopic (exact) mass is 248 g/mol. The first-order chi connectivity index (χ1) is 7.34. The Morgan fingerprint density at radius 2 is 1.62 bits per heavy atom. The standard InChI is InChI=1S/C14H24Si2/c1-15(2,3)16(4,5)14-11-10-12-8-6-7-9-13(12)14/h6-9,14H,10-11H2,1-5H3. The maximum atomic E-state index is 2.63. The fraction of sp³-hybridized carbons (Fsp3) is 0.571. The van der Waals surface area contributed by atoms with Crippen molar-refractivity contribution in [1.82, 2.24) is 0 Å². The summed E-state index contributed by atoms with van der Waals surface area (Å²) in [6.07, 6.45) is 2.74. The lowest BCUT2D eigenvalue weighted by Crippen LogP contribution is -2.56. The number of rotatable bonds is 2. The van der Waals surface area contributed by atoms with Gasteiger partial charge in [0.25, 0.3) is 0 Å². The minimum Gasteiger partial charge on any atom is -0.0715 e. The molecule has 0 nitrogen and oxygen atoms in total. The molecular weight excluding hydrogens is 224 g/mol. The number of hydrogen-bond donors (Lipinski definition) is 0. The zero-order chi connectivity index (χ0) is 12.0. The van der Waals surface area contributed by atoms with Crippen LogP contribution in [0.3, 0.4) is 0 Å². The quantitative estimate of drug-likeness (QED) is 0.681. The second-order valence-corrected chi connectivity index (χ2v) is 23.8. The molecule has 0 amide bonds. The molecule has 1 unspecified atom stereocenters. The van der Waals surface area contributed by atoms with E-state index in [1.54, 1.807) is 11.1 Å². The lowest BCUT2D eigenvalue weighted by molar-refractivity contribution is 0.855. The van der Waals surface area contributed by atoms with E-state index in [1.807, 2.05) is 0 Å². The third kappa shape index (κ3) is 1.82. The Morgan fingerprint density at radius 3 is 2.25 bits per heavy atom. The molecule has 1 aliphatic rings. The lowest BCUT2D eigenvalue weighted by Gasteiger charge is -2.41. The van der Waals surface area contributed by atoms with Crippen LogP contribution < -0.4 is 0 Å². The van der Waals surface area contributed by atoms with E-state index in [4.69, 9.17) is 0 Å². The van der Waals surface area contributed by atoms with Gasteiger partial charge in [-0.25, -0.2) is 0 Å². The summed E-state index contributed by atoms with van der Waals surface area (Å²) < 4.78 is 0. The van der Waals surface area contributed by atoms with E-state index in [0.717, 1.165) is 5.54 Å². The zero-order valence-corrected chi connectivity index (χ0v) is 13.3. The van der Waals surface area contributed by atoms with Gasteiger partial charge in [0, 0.05) is 15.2 Å². The molecule has 0 heterocycles. The number of aryl methyl sites for hydroxylation is 1. The van der Waals surface area contributed by atoms with Gasteiger partial charge in [-0.1, -0.05) is 57.0 Å². The topological polar surface area (TPSA) is 0 Å². The summed E-state index contributed by atoms with van der Waals surface area (Å²) in [7, 11) is -2.06. The van der Waals surface area contributed by atoms with Gasteiger partial charge in [-0.2, -0.15) is 0 Å². The molecule has 0 fully saturated rings. The smallest absolute Gasteiger partial charge is 0.0489 e. The van der Waals surface area contributed by atoms with Crippen molar-refractivity contribution >= 4 is 15.2 Å². The Kier molecular flexibility index (Phi) is 2.91. The van der Waals surface area contributed by atoms with Crippen LogP contribution in [-0.4, -0.2) is 15.2 Å². The van der Waals surface area contributed by atoms with Crippen molar-refractivity contribution in [3.63, 3.8) is 0 Å². The van der Waals surface area contributed by atoms with Crippen molar-refractivity contribution in [2.45, 2.75) is 51.1 Å². The van der Waals surface area contributed by atoms with Crippen LogP contribution in [0.25, 0.3) is 0 Å². The molecule has 0 spiro atoms. The van der Waals surface area contributed by atoms with Gasteiger partial charge in [0.2, 0.25) is 0 Å². The zero-order valence-electron chi connectivity index (χ0n) is 11.3. The summed E-state index contributed by atoms with van der Waals surface area (Å²) in [4.78, 5) is 0. The fourth-order valence-corrected chi connectivity index (χ4v) is 9.84. The maximum Gasteiger partial charge on any atom is 0.0489 e. The van der Waals surface area contributed by atoms with Crippen LogP contribution in [-0.2, 0) is 6.42 Å². The van der Waals surface area contributed by atoms with Crippen molar-refractivity contribution in [1.29, 1.82) is 0 Å². The molecular formula is C14H24Si2. The number of fused-ring (bicyclic) bond motifs is 1. The predicted octanol–water partition coefficient (Wildman–Crippen LogP) is 4.38. The summed E-state index contributed by atoms with van der Waals surface area (Å²) in [6.45, 7) is 13.0. The van der Waals surface area contributed by atoms with Gasteiger partial charge in [-0.05, 0) is 29.5 Å². The van der Waals surface area contributed by atoms with Gasteiger partial charge in [0.05, 0.1) is 0 Å². The highest BCUT2D eigenvalue weighted by atomic mass is 29.3. The predicted molar refractivity (Wildman–Crippen MR) is 78.3 cm³/mol. The van der Waals surface area contributed by atoms with E-state index >= 15 is 0 Å². The molecule has 0 bridgehead atoms. The van der Waals surface area contributed by atoms with Crippen molar-refractivity contribution in [3.05, 3.63) is 35.4 Å². The average Bonchev–Trinajstić information content (AvgIpc) is 2.59. The molecule has 16 heavy (non-hydrogen) atoms. The first kappa shape index (κ1) is 12.1. The minimum atomic E-state index is -1.08. The van der Waals surface area contributed by atoms with Crippen molar-refractivity contribution < 1.29 is 0 Å². The van der Waals surface area contributed by atoms with Crippen LogP contribution in [0.4, 0.5) is 0 Å². The maximum absolute atomic E-state index is 2.63. The molecule has 1 aromatic carbocycles. The number of benzene rings is 1. The van der Waals surface area contributed by atoms with Crippen molar-refractivity contribution in [3.8, 4) is 0 Å². The largest absolute Gasteiger partial charge is 0.0715 e. The summed E-state index contributed by atoms with van der Waals surface area (Å²) in [5.74, 6) is 0. The van der Waals surface area contributed by atoms with E-state index in [2.05, 4.69) is 57.0 Å². The van der Waals surface area contributed by atoms with Crippen LogP contribution in [0, 0.1) is 0 Å². The Labute approximate surface area is 102 Å². The van der Waals surface area contributed by atoms with Crippen LogP contribution in [0.2, 0.25) is 32.7 Å². The molecule has 0 N–H and O–H groups in total. The van der Waals surface area contributed by atoms with Gasteiger partial charge in [0.15, 0.2) is 0 Å². The van der Waals surface area contributed by atoms with Crippen LogP contribution in [0.15, 0.2) is 24.3 Å². The Morgan fingerprint density at radius 1 is 1.00 bits per heavy atom. The van der Waals surface area contributed by atoms with E-state index < -0.39 is 15.2 Å². The van der Waals surface area contributed by atoms with Crippen LogP contribution in [0.5, 0.6) is 0 Å². The van der Waals surface area contributed by atoms with E-state index in [1.165, 1.54) is 12.8 Å². The molecule has 2 rings (SSSR count). The molecule has 1 aliphatic carbocycles. The van der Waals surface area contributed by atoms with Gasteiger partial charge >= 0.3 is 0 Å². The second kappa shape index (κ2) is 3.85. The van der Waals surface area contributed by atoms with Crippen LogP contribution >= 0.6 is 0 Å². The van der Waals surface area contributed by atoms with E-state index in [0.29, 0.717) is 0 Å². The van der Waals surface area contributed by atoms with E-state index in [9.17, 15) is 0 Å². The molecule has 0 saturated carbocycles. The minimum absolute atomic E-state index is 0.926. The van der Waals surface area contributed by atoms with Gasteiger partial charge in [0.1, 0.15) is 0 Å². The van der Waals surface area contributed by atoms with E-state index in [-0.39, 0.29) is 0 Å². The summed E-state index contributed by atoms with van der Waals surface area (Å²) >= 11 is 0. The van der Waals surface area contributed by atoms with Crippen LogP contribution in [0.1, 0.15) is 23.1 Å². The molecule has 0 aliphatic heterocycles. The van der Waals surface area contributed by atoms with Crippen molar-refractivity contribution in [2.75, 3.05) is 0 Å². The first-order valence-corrected chi connectivity index (χ1v) is 14.0. The second-order valence-electron chi connectivity index (χ2n) is 6.76. The SMILES string of the molecule is C[Si](C)(C)[Si](C)(C)C1CCc2ccccc21. The Balaban J connectivity index is 2.39. The highest BCUT2D eigenvalue weighted by Gasteiger charge is 2.45. The molecule has 0 radical (unpaired) electrons. The number of hydrogen-bond acceptors (Lipinski definition) is 0. The molecule has 1 aromatic rings.